The van der Waals surface area contributed by atoms with Crippen LogP contribution in [0.4, 0.5) is 0 Å². The molecule has 2 aliphatic rings. The summed E-state index contributed by atoms with van der Waals surface area (Å²) in [5.74, 6) is -0.891. The molecule has 1 fully saturated rings. The van der Waals surface area contributed by atoms with E-state index >= 15 is 0 Å². The smallest absolute Gasteiger partial charge is 0.228 e. The number of nitrogens with zero attached hydrogens (tertiary/aromatic N) is 1. The van der Waals surface area contributed by atoms with E-state index in [1.807, 2.05) is 24.3 Å². The van der Waals surface area contributed by atoms with Crippen LogP contribution >= 0.6 is 0 Å². The highest BCUT2D eigenvalue weighted by atomic mass is 32.2. The molecule has 1 aromatic rings. The van der Waals surface area contributed by atoms with Gasteiger partial charge in [0.2, 0.25) is 29.0 Å². The van der Waals surface area contributed by atoms with Crippen molar-refractivity contribution in [2.75, 3.05) is 38.8 Å². The molecule has 0 aromatic heterocycles. The van der Waals surface area contributed by atoms with E-state index in [1.54, 1.807) is 11.8 Å². The minimum absolute atomic E-state index is 0.0236. The Labute approximate surface area is 187 Å². The largest absolute Gasteiger partial charge is 0.489 e. The molecular formula is C23H27NO7S. The fraction of sp³-hybridized carbons (Fsp3) is 0.435. The molecule has 0 N–H and O–H groups in total. The Morgan fingerprint density at radius 3 is 2.03 bits per heavy atom. The average Bonchev–Trinajstić information content (AvgIpc) is 2.78. The molecule has 0 radical (unpaired) electrons. The number of ether oxygens (including phenoxy) is 2. The third-order valence-corrected chi connectivity index (χ3v) is 7.43. The summed E-state index contributed by atoms with van der Waals surface area (Å²) in [6, 6.07) is 7.52. The van der Waals surface area contributed by atoms with E-state index < -0.39 is 9.84 Å². The molecule has 8 nitrogen and oxygen atoms in total. The number of carbonyl (C=O) groups excluding carboxylic acids is 3. The molecule has 1 amide bonds. The average molecular weight is 462 g/mol. The van der Waals surface area contributed by atoms with Crippen molar-refractivity contribution in [2.24, 2.45) is 0 Å². The van der Waals surface area contributed by atoms with Crippen LogP contribution < -0.4 is 0 Å². The number of carbonyl (C=O) groups is 3. The number of Topliss-reactive ketones (excluding diaryl/α,β-unsaturated/α-hetero) is 2. The molecule has 0 atom stereocenters. The summed E-state index contributed by atoms with van der Waals surface area (Å²) in [6.45, 7) is 2.11. The molecule has 0 spiro atoms. The Morgan fingerprint density at radius 2 is 1.47 bits per heavy atom. The van der Waals surface area contributed by atoms with Crippen molar-refractivity contribution in [1.29, 1.82) is 0 Å². The van der Waals surface area contributed by atoms with E-state index in [0.29, 0.717) is 24.0 Å². The minimum atomic E-state index is -3.01. The number of ketones is 2. The predicted molar refractivity (Wildman–Crippen MR) is 117 cm³/mol. The zero-order chi connectivity index (χ0) is 23.5. The lowest BCUT2D eigenvalue weighted by atomic mass is 9.88. The number of amides is 1. The van der Waals surface area contributed by atoms with Crippen molar-refractivity contribution in [1.82, 2.24) is 4.90 Å². The van der Waals surface area contributed by atoms with Crippen molar-refractivity contribution in [3.8, 4) is 0 Å². The van der Waals surface area contributed by atoms with Gasteiger partial charge in [-0.15, -0.1) is 0 Å². The van der Waals surface area contributed by atoms with Crippen LogP contribution in [-0.4, -0.2) is 69.6 Å². The maximum Gasteiger partial charge on any atom is 0.228 e. The number of aryl methyl sites for hydroxylation is 1. The first-order valence-corrected chi connectivity index (χ1v) is 12.2. The molecule has 1 aliphatic carbocycles. The zero-order valence-corrected chi connectivity index (χ0v) is 19.3. The Balaban J connectivity index is 1.61. The molecule has 1 saturated heterocycles. The summed E-state index contributed by atoms with van der Waals surface area (Å²) in [4.78, 5) is 39.2. The van der Waals surface area contributed by atoms with Gasteiger partial charge in [-0.25, -0.2) is 8.42 Å². The van der Waals surface area contributed by atoms with Crippen molar-refractivity contribution in [2.45, 2.75) is 26.2 Å². The SMILES string of the molecule is COC1=C(OC)C(=O)C(Cc2ccc(CCC(=O)N3CCS(=O)(=O)CC3)cc2)=C(C)C1=O. The molecular weight excluding hydrogens is 434 g/mol. The number of allylic oxidation sites excluding steroid dienone is 2. The van der Waals surface area contributed by atoms with Gasteiger partial charge in [0.1, 0.15) is 0 Å². The summed E-state index contributed by atoms with van der Waals surface area (Å²) < 4.78 is 33.2. The summed E-state index contributed by atoms with van der Waals surface area (Å²) in [7, 11) is -0.357. The van der Waals surface area contributed by atoms with Crippen molar-refractivity contribution >= 4 is 27.3 Å². The quantitative estimate of drug-likeness (QED) is 0.565. The summed E-state index contributed by atoms with van der Waals surface area (Å²) in [5.41, 5.74) is 2.53. The molecule has 32 heavy (non-hydrogen) atoms. The molecule has 9 heteroatoms. The second kappa shape index (κ2) is 9.68. The Hall–Kier alpha value is -2.94. The van der Waals surface area contributed by atoms with E-state index in [0.717, 1.165) is 11.1 Å². The number of sulfone groups is 1. The number of hydrogen-bond donors (Lipinski definition) is 0. The van der Waals surface area contributed by atoms with Gasteiger partial charge in [-0.05, 0) is 24.5 Å². The van der Waals surface area contributed by atoms with Gasteiger partial charge in [-0.2, -0.15) is 0 Å². The lowest BCUT2D eigenvalue weighted by Gasteiger charge is -2.26. The molecule has 0 unspecified atom stereocenters. The van der Waals surface area contributed by atoms with E-state index in [9.17, 15) is 22.8 Å². The second-order valence-corrected chi connectivity index (χ2v) is 10.2. The molecule has 1 heterocycles. The van der Waals surface area contributed by atoms with Gasteiger partial charge in [-0.3, -0.25) is 14.4 Å². The van der Waals surface area contributed by atoms with Crippen molar-refractivity contribution < 1.29 is 32.3 Å². The van der Waals surface area contributed by atoms with Crippen LogP contribution in [0.15, 0.2) is 46.9 Å². The van der Waals surface area contributed by atoms with E-state index in [1.165, 1.54) is 14.2 Å². The fourth-order valence-corrected chi connectivity index (χ4v) is 5.00. The number of benzene rings is 1. The molecule has 3 rings (SSSR count). The van der Waals surface area contributed by atoms with Crippen LogP contribution in [0.2, 0.25) is 0 Å². The number of hydrogen-bond acceptors (Lipinski definition) is 7. The maximum absolute atomic E-state index is 12.8. The van der Waals surface area contributed by atoms with Crippen LogP contribution in [0.25, 0.3) is 0 Å². The highest BCUT2D eigenvalue weighted by molar-refractivity contribution is 7.91. The van der Waals surface area contributed by atoms with Crippen molar-refractivity contribution in [3.63, 3.8) is 0 Å². The second-order valence-electron chi connectivity index (χ2n) is 7.85. The third-order valence-electron chi connectivity index (χ3n) is 5.82. The third kappa shape index (κ3) is 5.09. The van der Waals surface area contributed by atoms with Gasteiger partial charge < -0.3 is 14.4 Å². The van der Waals surface area contributed by atoms with E-state index in [2.05, 4.69) is 0 Å². The first-order chi connectivity index (χ1) is 15.2. The summed E-state index contributed by atoms with van der Waals surface area (Å²) in [6.07, 6.45) is 1.12. The van der Waals surface area contributed by atoms with Gasteiger partial charge in [0.15, 0.2) is 9.84 Å². The molecule has 1 aromatic carbocycles. The van der Waals surface area contributed by atoms with Gasteiger partial charge in [-0.1, -0.05) is 24.3 Å². The highest BCUT2D eigenvalue weighted by Gasteiger charge is 2.34. The van der Waals surface area contributed by atoms with Crippen molar-refractivity contribution in [3.05, 3.63) is 58.1 Å². The van der Waals surface area contributed by atoms with Gasteiger partial charge in [0, 0.05) is 37.1 Å². The monoisotopic (exact) mass is 461 g/mol. The molecule has 172 valence electrons. The van der Waals surface area contributed by atoms with Crippen LogP contribution in [0.3, 0.4) is 0 Å². The lowest BCUT2D eigenvalue weighted by molar-refractivity contribution is -0.130. The number of rotatable bonds is 7. The standard InChI is InChI=1S/C23H27NO7S/c1-15-18(21(27)23(31-3)22(30-2)20(15)26)14-17-6-4-16(5-7-17)8-9-19(25)24-10-12-32(28,29)13-11-24/h4-7H,8-14H2,1-3H3. The zero-order valence-electron chi connectivity index (χ0n) is 18.5. The van der Waals surface area contributed by atoms with Crippen LogP contribution in [0, 0.1) is 0 Å². The Bertz CT molecular complexity index is 1080. The topological polar surface area (TPSA) is 107 Å². The first-order valence-electron chi connectivity index (χ1n) is 10.3. The summed E-state index contributed by atoms with van der Waals surface area (Å²) >= 11 is 0. The minimum Gasteiger partial charge on any atom is -0.489 e. The van der Waals surface area contributed by atoms with Crippen LogP contribution in [0.1, 0.15) is 24.5 Å². The first kappa shape index (κ1) is 23.7. The Morgan fingerprint density at radius 1 is 0.938 bits per heavy atom. The fourth-order valence-electron chi connectivity index (χ4n) is 3.80. The highest BCUT2D eigenvalue weighted by Crippen LogP contribution is 2.28. The maximum atomic E-state index is 12.8. The normalized spacial score (nSPS) is 18.8. The molecule has 0 saturated carbocycles. The predicted octanol–water partition coefficient (Wildman–Crippen LogP) is 1.39. The van der Waals surface area contributed by atoms with E-state index in [-0.39, 0.29) is 60.0 Å². The molecule has 0 bridgehead atoms. The molecule has 1 aliphatic heterocycles. The lowest BCUT2D eigenvalue weighted by Crippen LogP contribution is -2.43. The van der Waals surface area contributed by atoms with Crippen LogP contribution in [0.5, 0.6) is 0 Å². The Kier molecular flexibility index (Phi) is 7.18. The van der Waals surface area contributed by atoms with Crippen LogP contribution in [-0.2, 0) is 46.5 Å². The number of methoxy groups -OCH3 is 2. The van der Waals surface area contributed by atoms with Gasteiger partial charge >= 0.3 is 0 Å². The summed E-state index contributed by atoms with van der Waals surface area (Å²) in [5, 5.41) is 0. The van der Waals surface area contributed by atoms with Gasteiger partial charge in [0.05, 0.1) is 25.7 Å². The van der Waals surface area contributed by atoms with E-state index in [4.69, 9.17) is 9.47 Å². The van der Waals surface area contributed by atoms with Gasteiger partial charge in [0.25, 0.3) is 0 Å².